The van der Waals surface area contributed by atoms with Gasteiger partial charge in [0.25, 0.3) is 0 Å². The van der Waals surface area contributed by atoms with Crippen LogP contribution in [0, 0.1) is 11.6 Å². The van der Waals surface area contributed by atoms with Gasteiger partial charge in [-0.05, 0) is 41.0 Å². The summed E-state index contributed by atoms with van der Waals surface area (Å²) in [4.78, 5) is 14.0. The molecule has 0 N–H and O–H groups in total. The molecule has 0 radical (unpaired) electrons. The van der Waals surface area contributed by atoms with E-state index >= 15 is 0 Å². The number of ether oxygens (including phenoxy) is 1. The van der Waals surface area contributed by atoms with Gasteiger partial charge >= 0.3 is 0 Å². The zero-order valence-corrected chi connectivity index (χ0v) is 13.6. The Balaban J connectivity index is 1.60. The maximum atomic E-state index is 13.4. The standard InChI is InChI=1S/C18H15F2NO2S/c19-14-3-1-11(7-15(14)20)9-21-17(22)10-24-18(21)13-2-4-16-12(8-13)5-6-23-16/h1-4,7-8,18H,5-6,9-10H2. The molecule has 1 saturated heterocycles. The van der Waals surface area contributed by atoms with E-state index in [1.807, 2.05) is 12.1 Å². The Bertz CT molecular complexity index is 812. The Kier molecular flexibility index (Phi) is 3.92. The first-order chi connectivity index (χ1) is 11.6. The summed E-state index contributed by atoms with van der Waals surface area (Å²) in [6, 6.07) is 9.76. The van der Waals surface area contributed by atoms with Crippen LogP contribution in [0.2, 0.25) is 0 Å². The summed E-state index contributed by atoms with van der Waals surface area (Å²) >= 11 is 1.55. The van der Waals surface area contributed by atoms with Crippen LogP contribution in [-0.4, -0.2) is 23.2 Å². The third kappa shape index (κ3) is 2.75. The van der Waals surface area contributed by atoms with Crippen molar-refractivity contribution in [1.29, 1.82) is 0 Å². The molecule has 2 aliphatic heterocycles. The molecule has 1 fully saturated rings. The van der Waals surface area contributed by atoms with Crippen LogP contribution in [0.4, 0.5) is 8.78 Å². The van der Waals surface area contributed by atoms with E-state index in [0.717, 1.165) is 35.4 Å². The van der Waals surface area contributed by atoms with Gasteiger partial charge in [-0.2, -0.15) is 0 Å². The highest BCUT2D eigenvalue weighted by atomic mass is 32.2. The minimum Gasteiger partial charge on any atom is -0.493 e. The molecule has 0 spiro atoms. The molecule has 2 aromatic carbocycles. The van der Waals surface area contributed by atoms with Crippen LogP contribution in [0.15, 0.2) is 36.4 Å². The molecule has 2 aromatic rings. The zero-order valence-electron chi connectivity index (χ0n) is 12.8. The maximum absolute atomic E-state index is 13.4. The zero-order chi connectivity index (χ0) is 16.7. The van der Waals surface area contributed by atoms with Gasteiger partial charge in [0.15, 0.2) is 11.6 Å². The van der Waals surface area contributed by atoms with Crippen molar-refractivity contribution in [2.24, 2.45) is 0 Å². The highest BCUT2D eigenvalue weighted by molar-refractivity contribution is 8.00. The summed E-state index contributed by atoms with van der Waals surface area (Å²) < 4.78 is 32.0. The molecular formula is C18H15F2NO2S. The molecule has 2 aliphatic rings. The molecule has 2 heterocycles. The highest BCUT2D eigenvalue weighted by Crippen LogP contribution is 2.41. The minimum atomic E-state index is -0.891. The van der Waals surface area contributed by atoms with Crippen molar-refractivity contribution in [3.63, 3.8) is 0 Å². The van der Waals surface area contributed by atoms with E-state index in [1.54, 1.807) is 16.7 Å². The van der Waals surface area contributed by atoms with E-state index in [-0.39, 0.29) is 17.8 Å². The first kappa shape index (κ1) is 15.4. The van der Waals surface area contributed by atoms with Gasteiger partial charge in [-0.15, -0.1) is 11.8 Å². The third-order valence-electron chi connectivity index (χ3n) is 4.30. The molecule has 0 saturated carbocycles. The molecule has 1 atom stereocenters. The average molecular weight is 347 g/mol. The number of rotatable bonds is 3. The van der Waals surface area contributed by atoms with E-state index in [4.69, 9.17) is 4.74 Å². The Labute approximate surface area is 142 Å². The number of amides is 1. The predicted octanol–water partition coefficient (Wildman–Crippen LogP) is 3.67. The normalized spacial score (nSPS) is 19.5. The number of fused-ring (bicyclic) bond motifs is 1. The number of carbonyl (C=O) groups is 1. The lowest BCUT2D eigenvalue weighted by atomic mass is 10.1. The van der Waals surface area contributed by atoms with Gasteiger partial charge in [-0.25, -0.2) is 8.78 Å². The molecule has 1 amide bonds. The lowest BCUT2D eigenvalue weighted by molar-refractivity contribution is -0.128. The van der Waals surface area contributed by atoms with Gasteiger partial charge in [-0.1, -0.05) is 12.1 Å². The molecule has 124 valence electrons. The Hall–Kier alpha value is -2.08. The largest absolute Gasteiger partial charge is 0.493 e. The van der Waals surface area contributed by atoms with Crippen LogP contribution in [0.3, 0.4) is 0 Å². The number of benzene rings is 2. The molecule has 0 aliphatic carbocycles. The first-order valence-corrected chi connectivity index (χ1v) is 8.77. The van der Waals surface area contributed by atoms with Crippen LogP contribution < -0.4 is 4.74 Å². The Morgan fingerprint density at radius 3 is 2.88 bits per heavy atom. The molecule has 6 heteroatoms. The summed E-state index contributed by atoms with van der Waals surface area (Å²) in [6.45, 7) is 0.954. The van der Waals surface area contributed by atoms with Crippen LogP contribution in [0.25, 0.3) is 0 Å². The second-order valence-corrected chi connectivity index (χ2v) is 6.97. The quantitative estimate of drug-likeness (QED) is 0.848. The van der Waals surface area contributed by atoms with Gasteiger partial charge in [0, 0.05) is 13.0 Å². The highest BCUT2D eigenvalue weighted by Gasteiger charge is 2.33. The fraction of sp³-hybridized carbons (Fsp3) is 0.278. The Morgan fingerprint density at radius 1 is 1.17 bits per heavy atom. The number of halogens is 2. The molecule has 0 bridgehead atoms. The van der Waals surface area contributed by atoms with Gasteiger partial charge in [0.2, 0.25) is 5.91 Å². The first-order valence-electron chi connectivity index (χ1n) is 7.72. The number of hydrogen-bond acceptors (Lipinski definition) is 3. The van der Waals surface area contributed by atoms with Crippen LogP contribution in [0.5, 0.6) is 5.75 Å². The van der Waals surface area contributed by atoms with Gasteiger partial charge < -0.3 is 9.64 Å². The van der Waals surface area contributed by atoms with Gasteiger partial charge in [-0.3, -0.25) is 4.79 Å². The second kappa shape index (κ2) is 6.09. The SMILES string of the molecule is O=C1CSC(c2ccc3c(c2)CCO3)N1Cc1ccc(F)c(F)c1. The molecule has 1 unspecified atom stereocenters. The predicted molar refractivity (Wildman–Crippen MR) is 87.7 cm³/mol. The molecule has 24 heavy (non-hydrogen) atoms. The topological polar surface area (TPSA) is 29.5 Å². The van der Waals surface area contributed by atoms with Crippen molar-refractivity contribution in [2.75, 3.05) is 12.4 Å². The van der Waals surface area contributed by atoms with E-state index in [9.17, 15) is 13.6 Å². The van der Waals surface area contributed by atoms with E-state index in [1.165, 1.54) is 6.07 Å². The summed E-state index contributed by atoms with van der Waals surface area (Å²) in [5.74, 6) is -0.470. The van der Waals surface area contributed by atoms with Gasteiger partial charge in [0.1, 0.15) is 11.1 Å². The lowest BCUT2D eigenvalue weighted by Gasteiger charge is -2.24. The summed E-state index contributed by atoms with van der Waals surface area (Å²) in [5, 5.41) is -0.114. The average Bonchev–Trinajstić information content (AvgIpc) is 3.17. The fourth-order valence-corrected chi connectivity index (χ4v) is 4.27. The molecule has 4 rings (SSSR count). The molecule has 0 aromatic heterocycles. The van der Waals surface area contributed by atoms with Crippen molar-refractivity contribution in [1.82, 2.24) is 4.90 Å². The molecular weight excluding hydrogens is 332 g/mol. The van der Waals surface area contributed by atoms with E-state index in [0.29, 0.717) is 17.9 Å². The van der Waals surface area contributed by atoms with Crippen molar-refractivity contribution >= 4 is 17.7 Å². The fourth-order valence-electron chi connectivity index (χ4n) is 3.10. The minimum absolute atomic E-state index is 0.00600. The number of nitrogens with zero attached hydrogens (tertiary/aromatic N) is 1. The maximum Gasteiger partial charge on any atom is 0.234 e. The second-order valence-electron chi connectivity index (χ2n) is 5.90. The molecule has 3 nitrogen and oxygen atoms in total. The van der Waals surface area contributed by atoms with Crippen molar-refractivity contribution in [2.45, 2.75) is 18.3 Å². The Morgan fingerprint density at radius 2 is 2.04 bits per heavy atom. The number of hydrogen-bond donors (Lipinski definition) is 0. The number of carbonyl (C=O) groups excluding carboxylic acids is 1. The van der Waals surface area contributed by atoms with Gasteiger partial charge in [0.05, 0.1) is 12.4 Å². The summed E-state index contributed by atoms with van der Waals surface area (Å²) in [5.41, 5.74) is 2.78. The monoisotopic (exact) mass is 347 g/mol. The van der Waals surface area contributed by atoms with Crippen molar-refractivity contribution < 1.29 is 18.3 Å². The van der Waals surface area contributed by atoms with Crippen molar-refractivity contribution in [3.05, 3.63) is 64.7 Å². The summed E-state index contributed by atoms with van der Waals surface area (Å²) in [6.07, 6.45) is 0.873. The third-order valence-corrected chi connectivity index (χ3v) is 5.56. The van der Waals surface area contributed by atoms with Crippen molar-refractivity contribution in [3.8, 4) is 5.75 Å². The van der Waals surface area contributed by atoms with Crippen LogP contribution >= 0.6 is 11.8 Å². The lowest BCUT2D eigenvalue weighted by Crippen LogP contribution is -2.27. The summed E-state index contributed by atoms with van der Waals surface area (Å²) in [7, 11) is 0. The smallest absolute Gasteiger partial charge is 0.234 e. The number of thioether (sulfide) groups is 1. The van der Waals surface area contributed by atoms with Crippen LogP contribution in [0.1, 0.15) is 22.1 Å². The van der Waals surface area contributed by atoms with Crippen LogP contribution in [-0.2, 0) is 17.8 Å². The van der Waals surface area contributed by atoms with E-state index in [2.05, 4.69) is 6.07 Å². The van der Waals surface area contributed by atoms with E-state index < -0.39 is 11.6 Å².